The zero-order valence-corrected chi connectivity index (χ0v) is 19.2. The van der Waals surface area contributed by atoms with E-state index in [1.807, 2.05) is 44.2 Å². The second kappa shape index (κ2) is 10.1. The summed E-state index contributed by atoms with van der Waals surface area (Å²) in [5, 5.41) is 0. The second-order valence-electron chi connectivity index (χ2n) is 7.90. The van der Waals surface area contributed by atoms with Crippen molar-refractivity contribution in [1.29, 1.82) is 0 Å². The van der Waals surface area contributed by atoms with Gasteiger partial charge in [0.2, 0.25) is 10.0 Å². The number of nitrogens with zero attached hydrogens (tertiary/aromatic N) is 1. The molecule has 0 aliphatic rings. The van der Waals surface area contributed by atoms with Crippen LogP contribution < -0.4 is 4.74 Å². The molecule has 0 aliphatic carbocycles. The molecule has 0 fully saturated rings. The Balaban J connectivity index is 2.41. The van der Waals surface area contributed by atoms with E-state index in [1.54, 1.807) is 32.9 Å². The van der Waals surface area contributed by atoms with E-state index in [2.05, 4.69) is 0 Å². The van der Waals surface area contributed by atoms with Gasteiger partial charge in [0, 0.05) is 6.54 Å². The number of esters is 1. The lowest BCUT2D eigenvalue weighted by atomic mass is 10.1. The quantitative estimate of drug-likeness (QED) is 0.555. The fourth-order valence-electron chi connectivity index (χ4n) is 2.97. The molecular formula is C23H31NO5S. The first-order chi connectivity index (χ1) is 14.1. The lowest BCUT2D eigenvalue weighted by Crippen LogP contribution is -2.38. The van der Waals surface area contributed by atoms with Gasteiger partial charge >= 0.3 is 5.97 Å². The molecule has 0 saturated carbocycles. The largest absolute Gasteiger partial charge is 0.494 e. The highest BCUT2D eigenvalue weighted by molar-refractivity contribution is 7.89. The Morgan fingerprint density at radius 3 is 2.27 bits per heavy atom. The molecule has 0 radical (unpaired) electrons. The molecule has 0 unspecified atom stereocenters. The van der Waals surface area contributed by atoms with Gasteiger partial charge in [0.25, 0.3) is 0 Å². The van der Waals surface area contributed by atoms with Crippen LogP contribution in [0, 0.1) is 0 Å². The van der Waals surface area contributed by atoms with Crippen LogP contribution in [0.3, 0.4) is 0 Å². The van der Waals surface area contributed by atoms with E-state index in [9.17, 15) is 13.2 Å². The summed E-state index contributed by atoms with van der Waals surface area (Å²) in [6, 6.07) is 14.0. The van der Waals surface area contributed by atoms with Crippen molar-refractivity contribution in [3.63, 3.8) is 0 Å². The van der Waals surface area contributed by atoms with Gasteiger partial charge in [-0.2, -0.15) is 4.31 Å². The molecule has 0 heterocycles. The molecule has 2 aromatic carbocycles. The molecule has 7 heteroatoms. The summed E-state index contributed by atoms with van der Waals surface area (Å²) in [4.78, 5) is 12.6. The third-order valence-electron chi connectivity index (χ3n) is 4.28. The Morgan fingerprint density at radius 1 is 1.03 bits per heavy atom. The number of hydrogen-bond donors (Lipinski definition) is 0. The van der Waals surface area contributed by atoms with E-state index in [-0.39, 0.29) is 18.0 Å². The predicted octanol–water partition coefficient (Wildman–Crippen LogP) is 4.18. The van der Waals surface area contributed by atoms with Crippen LogP contribution in [0.5, 0.6) is 5.75 Å². The van der Waals surface area contributed by atoms with Crippen molar-refractivity contribution < 1.29 is 22.7 Å². The Bertz CT molecular complexity index is 949. The van der Waals surface area contributed by atoms with Crippen molar-refractivity contribution >= 4 is 16.0 Å². The molecule has 0 bridgehead atoms. The van der Waals surface area contributed by atoms with Crippen LogP contribution in [0.4, 0.5) is 0 Å². The third-order valence-corrected chi connectivity index (χ3v) is 6.07. The zero-order chi connectivity index (χ0) is 22.4. The summed E-state index contributed by atoms with van der Waals surface area (Å²) in [6.07, 6.45) is 0.628. The number of rotatable bonds is 9. The Morgan fingerprint density at radius 2 is 1.70 bits per heavy atom. The zero-order valence-electron chi connectivity index (χ0n) is 18.3. The van der Waals surface area contributed by atoms with Gasteiger partial charge in [-0.1, -0.05) is 37.3 Å². The highest BCUT2D eigenvalue weighted by Gasteiger charge is 2.29. The van der Waals surface area contributed by atoms with Crippen LogP contribution >= 0.6 is 0 Å². The average molecular weight is 434 g/mol. The van der Waals surface area contributed by atoms with Gasteiger partial charge in [0.05, 0.1) is 11.5 Å². The van der Waals surface area contributed by atoms with Crippen LogP contribution in [0.1, 0.15) is 45.7 Å². The fraction of sp³-hybridized carbons (Fsp3) is 0.435. The molecule has 0 amide bonds. The van der Waals surface area contributed by atoms with Crippen LogP contribution in [0.2, 0.25) is 0 Å². The number of carbonyl (C=O) groups excluding carboxylic acids is 1. The number of sulfonamides is 1. The van der Waals surface area contributed by atoms with Gasteiger partial charge in [0.1, 0.15) is 17.9 Å². The highest BCUT2D eigenvalue weighted by Crippen LogP contribution is 2.26. The third kappa shape index (κ3) is 6.57. The molecular weight excluding hydrogens is 402 g/mol. The number of carbonyl (C=O) groups is 1. The molecule has 2 rings (SSSR count). The lowest BCUT2D eigenvalue weighted by molar-refractivity contribution is -0.155. The maximum atomic E-state index is 13.5. The highest BCUT2D eigenvalue weighted by atomic mass is 32.2. The van der Waals surface area contributed by atoms with Crippen LogP contribution in [0.15, 0.2) is 53.4 Å². The number of aryl methyl sites for hydroxylation is 1. The monoisotopic (exact) mass is 433 g/mol. The number of benzene rings is 2. The van der Waals surface area contributed by atoms with E-state index < -0.39 is 21.6 Å². The van der Waals surface area contributed by atoms with E-state index in [0.29, 0.717) is 18.8 Å². The maximum absolute atomic E-state index is 13.5. The van der Waals surface area contributed by atoms with Crippen LogP contribution in [0.25, 0.3) is 0 Å². The standard InChI is InChI=1S/C23H31NO5S/c1-6-19-15-20(13-14-21(19)28-7-2)30(26,27)24(16-18-11-9-8-10-12-18)17-22(25)29-23(3,4)5/h8-15H,6-7,16-17H2,1-5H3. The molecule has 2 aromatic rings. The van der Waals surface area contributed by atoms with Gasteiger partial charge < -0.3 is 9.47 Å². The SMILES string of the molecule is CCOc1ccc(S(=O)(=O)N(CC(=O)OC(C)(C)C)Cc2ccccc2)cc1CC. The van der Waals surface area contributed by atoms with E-state index >= 15 is 0 Å². The summed E-state index contributed by atoms with van der Waals surface area (Å²) in [5.74, 6) is 0.0735. The lowest BCUT2D eigenvalue weighted by Gasteiger charge is -2.25. The number of hydrogen-bond acceptors (Lipinski definition) is 5. The molecule has 0 N–H and O–H groups in total. The van der Waals surface area contributed by atoms with Crippen molar-refractivity contribution in [3.8, 4) is 5.75 Å². The molecule has 0 atom stereocenters. The first-order valence-corrected chi connectivity index (χ1v) is 11.5. The minimum Gasteiger partial charge on any atom is -0.494 e. The number of ether oxygens (including phenoxy) is 2. The van der Waals surface area contributed by atoms with Crippen molar-refractivity contribution in [2.45, 2.75) is 58.1 Å². The van der Waals surface area contributed by atoms with Crippen molar-refractivity contribution in [1.82, 2.24) is 4.31 Å². The van der Waals surface area contributed by atoms with Crippen LogP contribution in [-0.4, -0.2) is 37.4 Å². The topological polar surface area (TPSA) is 72.9 Å². The molecule has 0 saturated heterocycles. The first-order valence-electron chi connectivity index (χ1n) is 10.1. The van der Waals surface area contributed by atoms with Gasteiger partial charge in [-0.3, -0.25) is 4.79 Å². The van der Waals surface area contributed by atoms with E-state index in [4.69, 9.17) is 9.47 Å². The average Bonchev–Trinajstić information content (AvgIpc) is 2.67. The summed E-state index contributed by atoms with van der Waals surface area (Å²) in [5.41, 5.74) is 0.884. The Hall–Kier alpha value is -2.38. The van der Waals surface area contributed by atoms with Gasteiger partial charge in [0.15, 0.2) is 0 Å². The smallest absolute Gasteiger partial charge is 0.321 e. The molecule has 164 valence electrons. The normalized spacial score (nSPS) is 12.1. The van der Waals surface area contributed by atoms with E-state index in [0.717, 1.165) is 15.4 Å². The minimum atomic E-state index is -3.94. The minimum absolute atomic E-state index is 0.0666. The fourth-order valence-corrected chi connectivity index (χ4v) is 4.39. The molecule has 0 spiro atoms. The van der Waals surface area contributed by atoms with Crippen molar-refractivity contribution in [2.24, 2.45) is 0 Å². The summed E-state index contributed by atoms with van der Waals surface area (Å²) >= 11 is 0. The van der Waals surface area contributed by atoms with Crippen LogP contribution in [-0.2, 0) is 32.5 Å². The molecule has 30 heavy (non-hydrogen) atoms. The first kappa shape index (κ1) is 23.9. The van der Waals surface area contributed by atoms with E-state index in [1.165, 1.54) is 6.07 Å². The predicted molar refractivity (Wildman–Crippen MR) is 117 cm³/mol. The molecule has 0 aromatic heterocycles. The van der Waals surface area contributed by atoms with Gasteiger partial charge in [-0.15, -0.1) is 0 Å². The summed E-state index contributed by atoms with van der Waals surface area (Å²) in [7, 11) is -3.94. The summed E-state index contributed by atoms with van der Waals surface area (Å²) in [6.45, 7) is 9.27. The molecule has 0 aliphatic heterocycles. The summed E-state index contributed by atoms with van der Waals surface area (Å²) < 4.78 is 39.0. The Labute approximate surface area is 179 Å². The van der Waals surface area contributed by atoms with Crippen molar-refractivity contribution in [3.05, 3.63) is 59.7 Å². The van der Waals surface area contributed by atoms with Gasteiger partial charge in [-0.25, -0.2) is 8.42 Å². The second-order valence-corrected chi connectivity index (χ2v) is 9.84. The molecule has 6 nitrogen and oxygen atoms in total. The van der Waals surface area contributed by atoms with Gasteiger partial charge in [-0.05, 0) is 63.4 Å². The maximum Gasteiger partial charge on any atom is 0.321 e. The van der Waals surface area contributed by atoms with Crippen molar-refractivity contribution in [2.75, 3.05) is 13.2 Å². The Kier molecular flexibility index (Phi) is 8.03.